The Bertz CT molecular complexity index is 474. The second-order valence-corrected chi connectivity index (χ2v) is 5.47. The summed E-state index contributed by atoms with van der Waals surface area (Å²) >= 11 is 0. The Morgan fingerprint density at radius 2 is 1.95 bits per heavy atom. The van der Waals surface area contributed by atoms with Crippen LogP contribution >= 0.6 is 0 Å². The second kappa shape index (κ2) is 7.78. The molecule has 0 fully saturated rings. The number of rotatable bonds is 8. The number of carbonyl (C=O) groups is 2. The lowest BCUT2D eigenvalue weighted by molar-refractivity contribution is -0.149. The molecule has 0 heterocycles. The summed E-state index contributed by atoms with van der Waals surface area (Å²) in [5, 5.41) is 11.7. The molecule has 5 nitrogen and oxygen atoms in total. The molecule has 0 bridgehead atoms. The Hall–Kier alpha value is -1.88. The monoisotopic (exact) mass is 293 g/mol. The Kier molecular flexibility index (Phi) is 6.37. The first-order valence-corrected chi connectivity index (χ1v) is 6.97. The number of hydrogen-bond acceptors (Lipinski definition) is 3. The maximum Gasteiger partial charge on any atom is 0.331 e. The van der Waals surface area contributed by atoms with Crippen LogP contribution in [0.25, 0.3) is 0 Å². The average molecular weight is 293 g/mol. The van der Waals surface area contributed by atoms with Crippen LogP contribution in [0.3, 0.4) is 0 Å². The zero-order chi connectivity index (χ0) is 15.9. The molecular formula is C16H23NO4. The maximum atomic E-state index is 11.9. The standard InChI is InChI=1S/C16H23NO4/c1-12(13-7-5-4-6-8-13)9-10-14(18)17-16(2,11-21-3)15(19)20/h4-8,12H,9-11H2,1-3H3,(H,17,18)(H,19,20). The number of hydrogen-bond donors (Lipinski definition) is 2. The van der Waals surface area contributed by atoms with E-state index in [0.29, 0.717) is 6.42 Å². The average Bonchev–Trinajstić information content (AvgIpc) is 2.45. The lowest BCUT2D eigenvalue weighted by Gasteiger charge is -2.25. The molecule has 5 heteroatoms. The van der Waals surface area contributed by atoms with Crippen molar-refractivity contribution in [3.8, 4) is 0 Å². The molecule has 0 radical (unpaired) electrons. The van der Waals surface area contributed by atoms with E-state index in [1.165, 1.54) is 19.6 Å². The SMILES string of the molecule is COCC(C)(NC(=O)CCC(C)c1ccccc1)C(=O)O. The number of nitrogens with one attached hydrogen (secondary N) is 1. The van der Waals surface area contributed by atoms with Crippen molar-refractivity contribution in [1.82, 2.24) is 5.32 Å². The molecule has 1 rings (SSSR count). The summed E-state index contributed by atoms with van der Waals surface area (Å²) < 4.78 is 4.87. The van der Waals surface area contributed by atoms with E-state index in [9.17, 15) is 14.7 Å². The predicted molar refractivity (Wildman–Crippen MR) is 80.2 cm³/mol. The molecule has 0 aliphatic carbocycles. The van der Waals surface area contributed by atoms with Gasteiger partial charge in [-0.25, -0.2) is 4.79 Å². The number of amides is 1. The van der Waals surface area contributed by atoms with E-state index < -0.39 is 11.5 Å². The highest BCUT2D eigenvalue weighted by atomic mass is 16.5. The van der Waals surface area contributed by atoms with Crippen LogP contribution in [0.1, 0.15) is 38.2 Å². The van der Waals surface area contributed by atoms with Gasteiger partial charge in [0, 0.05) is 13.5 Å². The van der Waals surface area contributed by atoms with E-state index in [0.717, 1.165) is 0 Å². The molecule has 0 spiro atoms. The fourth-order valence-electron chi connectivity index (χ4n) is 2.11. The van der Waals surface area contributed by atoms with Crippen molar-refractivity contribution < 1.29 is 19.4 Å². The molecule has 116 valence electrons. The summed E-state index contributed by atoms with van der Waals surface area (Å²) in [6.07, 6.45) is 0.946. The van der Waals surface area contributed by atoms with Gasteiger partial charge in [-0.05, 0) is 24.8 Å². The minimum Gasteiger partial charge on any atom is -0.479 e. The van der Waals surface area contributed by atoms with Gasteiger partial charge in [-0.2, -0.15) is 0 Å². The number of carbonyl (C=O) groups excluding carboxylic acids is 1. The fraction of sp³-hybridized carbons (Fsp3) is 0.500. The number of methoxy groups -OCH3 is 1. The van der Waals surface area contributed by atoms with Gasteiger partial charge in [-0.1, -0.05) is 37.3 Å². The molecule has 21 heavy (non-hydrogen) atoms. The third kappa shape index (κ3) is 5.19. The zero-order valence-electron chi connectivity index (χ0n) is 12.8. The molecule has 0 saturated carbocycles. The molecule has 0 aliphatic rings. The van der Waals surface area contributed by atoms with Crippen LogP contribution in [0.4, 0.5) is 0 Å². The molecule has 1 aromatic carbocycles. The van der Waals surface area contributed by atoms with Gasteiger partial charge in [-0.3, -0.25) is 4.79 Å². The number of carboxylic acid groups (broad SMARTS) is 1. The molecule has 0 saturated heterocycles. The molecule has 2 N–H and O–H groups in total. The lowest BCUT2D eigenvalue weighted by Crippen LogP contribution is -2.55. The van der Waals surface area contributed by atoms with Crippen molar-refractivity contribution in [3.05, 3.63) is 35.9 Å². The molecule has 1 aromatic rings. The van der Waals surface area contributed by atoms with Crippen molar-refractivity contribution in [3.63, 3.8) is 0 Å². The van der Waals surface area contributed by atoms with E-state index in [-0.39, 0.29) is 24.9 Å². The molecule has 1 amide bonds. The Labute approximate surface area is 125 Å². The molecule has 2 unspecified atom stereocenters. The topological polar surface area (TPSA) is 75.6 Å². The normalized spacial score (nSPS) is 15.0. The van der Waals surface area contributed by atoms with Crippen molar-refractivity contribution in [2.75, 3.05) is 13.7 Å². The molecule has 0 aromatic heterocycles. The van der Waals surface area contributed by atoms with Crippen molar-refractivity contribution in [1.29, 1.82) is 0 Å². The second-order valence-electron chi connectivity index (χ2n) is 5.47. The van der Waals surface area contributed by atoms with Crippen LogP contribution in [0.5, 0.6) is 0 Å². The number of ether oxygens (including phenoxy) is 1. The van der Waals surface area contributed by atoms with Crippen LogP contribution in [0, 0.1) is 0 Å². The van der Waals surface area contributed by atoms with Gasteiger partial charge >= 0.3 is 5.97 Å². The quantitative estimate of drug-likeness (QED) is 0.770. The first-order chi connectivity index (χ1) is 9.89. The third-order valence-electron chi connectivity index (χ3n) is 3.49. The Balaban J connectivity index is 2.52. The van der Waals surface area contributed by atoms with Gasteiger partial charge in [0.05, 0.1) is 6.61 Å². The highest BCUT2D eigenvalue weighted by Gasteiger charge is 2.34. The smallest absolute Gasteiger partial charge is 0.331 e. The van der Waals surface area contributed by atoms with Gasteiger partial charge in [0.1, 0.15) is 0 Å². The number of aliphatic carboxylic acids is 1. The predicted octanol–water partition coefficient (Wildman–Crippen LogP) is 2.18. The molecular weight excluding hydrogens is 270 g/mol. The van der Waals surface area contributed by atoms with E-state index >= 15 is 0 Å². The van der Waals surface area contributed by atoms with Crippen molar-refractivity contribution in [2.45, 2.75) is 38.1 Å². The highest BCUT2D eigenvalue weighted by Crippen LogP contribution is 2.20. The van der Waals surface area contributed by atoms with Gasteiger partial charge in [-0.15, -0.1) is 0 Å². The first kappa shape index (κ1) is 17.2. The Morgan fingerprint density at radius 3 is 2.48 bits per heavy atom. The minimum absolute atomic E-state index is 0.0672. The molecule has 2 atom stereocenters. The lowest BCUT2D eigenvalue weighted by atomic mass is 9.95. The van der Waals surface area contributed by atoms with Gasteiger partial charge in [0.2, 0.25) is 5.91 Å². The van der Waals surface area contributed by atoms with Crippen LogP contribution in [0.2, 0.25) is 0 Å². The van der Waals surface area contributed by atoms with Crippen molar-refractivity contribution >= 4 is 11.9 Å². The summed E-state index contributed by atoms with van der Waals surface area (Å²) in [5.41, 5.74) is -0.217. The zero-order valence-corrected chi connectivity index (χ0v) is 12.8. The van der Waals surface area contributed by atoms with Crippen LogP contribution < -0.4 is 5.32 Å². The van der Waals surface area contributed by atoms with E-state index in [4.69, 9.17) is 4.74 Å². The summed E-state index contributed by atoms with van der Waals surface area (Å²) in [4.78, 5) is 23.2. The van der Waals surface area contributed by atoms with Gasteiger partial charge in [0.25, 0.3) is 0 Å². The summed E-state index contributed by atoms with van der Waals surface area (Å²) in [7, 11) is 1.41. The number of benzene rings is 1. The third-order valence-corrected chi connectivity index (χ3v) is 3.49. The van der Waals surface area contributed by atoms with E-state index in [1.54, 1.807) is 0 Å². The van der Waals surface area contributed by atoms with Crippen LogP contribution in [-0.2, 0) is 14.3 Å². The van der Waals surface area contributed by atoms with Crippen molar-refractivity contribution in [2.24, 2.45) is 0 Å². The first-order valence-electron chi connectivity index (χ1n) is 6.97. The fourth-order valence-corrected chi connectivity index (χ4v) is 2.11. The van der Waals surface area contributed by atoms with E-state index in [1.807, 2.05) is 37.3 Å². The Morgan fingerprint density at radius 1 is 1.33 bits per heavy atom. The largest absolute Gasteiger partial charge is 0.479 e. The molecule has 0 aliphatic heterocycles. The maximum absolute atomic E-state index is 11.9. The highest BCUT2D eigenvalue weighted by molar-refractivity contribution is 5.86. The number of carboxylic acids is 1. The summed E-state index contributed by atoms with van der Waals surface area (Å²) in [6, 6.07) is 9.92. The van der Waals surface area contributed by atoms with Crippen LogP contribution in [-0.4, -0.2) is 36.2 Å². The summed E-state index contributed by atoms with van der Waals surface area (Å²) in [5.74, 6) is -1.14. The summed E-state index contributed by atoms with van der Waals surface area (Å²) in [6.45, 7) is 3.42. The minimum atomic E-state index is -1.39. The van der Waals surface area contributed by atoms with Gasteiger partial charge < -0.3 is 15.2 Å². The van der Waals surface area contributed by atoms with Crippen LogP contribution in [0.15, 0.2) is 30.3 Å². The van der Waals surface area contributed by atoms with E-state index in [2.05, 4.69) is 5.32 Å². The van der Waals surface area contributed by atoms with Gasteiger partial charge in [0.15, 0.2) is 5.54 Å².